The highest BCUT2D eigenvalue weighted by molar-refractivity contribution is 5.14. The lowest BCUT2D eigenvalue weighted by Gasteiger charge is -2.67. The Kier molecular flexibility index (Phi) is 12.8. The lowest BCUT2D eigenvalue weighted by atomic mass is 9.46. The third kappa shape index (κ3) is 7.62. The van der Waals surface area contributed by atoms with E-state index in [2.05, 4.69) is 20.4 Å². The first-order chi connectivity index (χ1) is 32.8. The number of hydrogen-bond donors (Lipinski definition) is 2. The molecule has 14 fully saturated rings. The molecule has 2 aliphatic heterocycles. The first-order valence-electron chi connectivity index (χ1n) is 31.8. The highest BCUT2D eigenvalue weighted by Gasteiger charge is 2.62. The molecular formula is C62H102N4. The summed E-state index contributed by atoms with van der Waals surface area (Å²) in [6.07, 6.45) is 57.4. The molecule has 0 radical (unpaired) electrons. The third-order valence-corrected chi connectivity index (χ3v) is 26.3. The van der Waals surface area contributed by atoms with E-state index < -0.39 is 0 Å². The van der Waals surface area contributed by atoms with Crippen LogP contribution in [0, 0.1) is 107 Å². The van der Waals surface area contributed by atoms with E-state index in [9.17, 15) is 0 Å². The van der Waals surface area contributed by atoms with E-state index in [1.54, 1.807) is 128 Å². The Balaban J connectivity index is 0.842. The Bertz CT molecular complexity index is 1480. The number of fused-ring (bicyclic) bond motifs is 6. The lowest BCUT2D eigenvalue weighted by molar-refractivity contribution is -0.185. The molecule has 14 aliphatic rings. The van der Waals surface area contributed by atoms with Crippen molar-refractivity contribution in [3.05, 3.63) is 0 Å². The second-order valence-corrected chi connectivity index (χ2v) is 28.4. The van der Waals surface area contributed by atoms with Crippen LogP contribution < -0.4 is 10.6 Å². The maximum absolute atomic E-state index is 4.56. The van der Waals surface area contributed by atoms with E-state index in [0.29, 0.717) is 12.3 Å². The fraction of sp³-hybridized carbons (Fsp3) is 1.00. The lowest BCUT2D eigenvalue weighted by Crippen LogP contribution is -2.71. The summed E-state index contributed by atoms with van der Waals surface area (Å²) < 4.78 is 0. The summed E-state index contributed by atoms with van der Waals surface area (Å²) >= 11 is 0. The van der Waals surface area contributed by atoms with Crippen molar-refractivity contribution < 1.29 is 0 Å². The summed E-state index contributed by atoms with van der Waals surface area (Å²) in [5, 5.41) is 9.13. The van der Waals surface area contributed by atoms with Gasteiger partial charge in [0, 0.05) is 24.2 Å². The molecule has 12 aliphatic carbocycles. The van der Waals surface area contributed by atoms with Gasteiger partial charge in [-0.25, -0.2) is 0 Å². The summed E-state index contributed by atoms with van der Waals surface area (Å²) in [6.45, 7) is 2.62. The molecule has 370 valence electrons. The standard InChI is InChI=1S/C62H102N4/c1-11-23-51-39(13-1)33-35-63-61(51)65(59-47-19-7-3-15-43(47)37-44-16-4-8-20-48(44)59)55-31-27-41-26-30-54-56(32-28-42-25-29-53(55)57(41)58(42)54)66(62-52-24-12-2-14-40(52)34-36-64-62)60-49-21-9-5-17-45(49)38-46-18-6-10-22-50(46)60/h39-64H,1-38H2. The second-order valence-electron chi connectivity index (χ2n) is 28.4. The van der Waals surface area contributed by atoms with Crippen molar-refractivity contribution in [2.45, 2.75) is 268 Å². The summed E-state index contributed by atoms with van der Waals surface area (Å²) in [5.74, 6) is 18.1. The monoisotopic (exact) mass is 903 g/mol. The van der Waals surface area contributed by atoms with Crippen LogP contribution in [0.4, 0.5) is 0 Å². The molecule has 2 heterocycles. The maximum Gasteiger partial charge on any atom is 0.0634 e. The zero-order chi connectivity index (χ0) is 43.3. The van der Waals surface area contributed by atoms with Gasteiger partial charge in [0.25, 0.3) is 0 Å². The highest BCUT2D eigenvalue weighted by atomic mass is 15.3. The van der Waals surface area contributed by atoms with Gasteiger partial charge in [-0.1, -0.05) is 116 Å². The van der Waals surface area contributed by atoms with Crippen LogP contribution in [0.3, 0.4) is 0 Å². The van der Waals surface area contributed by atoms with Crippen LogP contribution >= 0.6 is 0 Å². The summed E-state index contributed by atoms with van der Waals surface area (Å²) in [5.41, 5.74) is 0. The van der Waals surface area contributed by atoms with E-state index in [0.717, 1.165) is 131 Å². The van der Waals surface area contributed by atoms with Gasteiger partial charge >= 0.3 is 0 Å². The molecule has 2 saturated heterocycles. The smallest absolute Gasteiger partial charge is 0.0634 e. The first-order valence-corrected chi connectivity index (χ1v) is 31.8. The molecule has 2 N–H and O–H groups in total. The normalized spacial score (nSPS) is 54.6. The molecule has 14 rings (SSSR count). The minimum Gasteiger partial charge on any atom is -0.301 e. The Labute approximate surface area is 406 Å². The predicted molar refractivity (Wildman–Crippen MR) is 271 cm³/mol. The fourth-order valence-electron chi connectivity index (χ4n) is 24.2. The van der Waals surface area contributed by atoms with Gasteiger partial charge in [-0.05, 0) is 235 Å². The Morgan fingerprint density at radius 1 is 0.242 bits per heavy atom. The number of nitrogens with one attached hydrogen (secondary N) is 2. The molecule has 12 saturated carbocycles. The van der Waals surface area contributed by atoms with Crippen molar-refractivity contribution in [1.29, 1.82) is 0 Å². The van der Waals surface area contributed by atoms with Crippen LogP contribution in [0.25, 0.3) is 0 Å². The van der Waals surface area contributed by atoms with Gasteiger partial charge in [0.1, 0.15) is 0 Å². The SMILES string of the molecule is C1CCC2C(C1)CCNC2N(C1CCC2CCC3C4C(CCC1C24)CCC3N(C1NCCC2CCCCC21)C1C2CCCCC2CC2CCCCC21)C1C2CCCCC2CC2CCCCC21. The van der Waals surface area contributed by atoms with Crippen molar-refractivity contribution >= 4 is 0 Å². The molecule has 22 unspecified atom stereocenters. The number of piperidine rings is 2. The van der Waals surface area contributed by atoms with Gasteiger partial charge in [0.05, 0.1) is 12.3 Å². The van der Waals surface area contributed by atoms with E-state index in [4.69, 9.17) is 0 Å². The molecule has 0 spiro atoms. The van der Waals surface area contributed by atoms with Crippen molar-refractivity contribution in [2.75, 3.05) is 13.1 Å². The van der Waals surface area contributed by atoms with Crippen LogP contribution in [0.1, 0.15) is 231 Å². The van der Waals surface area contributed by atoms with Gasteiger partial charge in [-0.15, -0.1) is 0 Å². The number of nitrogens with zero attached hydrogens (tertiary/aromatic N) is 2. The Morgan fingerprint density at radius 3 is 0.939 bits per heavy atom. The van der Waals surface area contributed by atoms with Gasteiger partial charge in [-0.3, -0.25) is 9.80 Å². The van der Waals surface area contributed by atoms with Crippen LogP contribution in [-0.2, 0) is 0 Å². The Morgan fingerprint density at radius 2 is 0.561 bits per heavy atom. The second kappa shape index (κ2) is 19.0. The minimum atomic E-state index is 0.685. The average Bonchev–Trinajstić information content (AvgIpc) is 3.38. The van der Waals surface area contributed by atoms with Crippen molar-refractivity contribution in [1.82, 2.24) is 20.4 Å². The quantitative estimate of drug-likeness (QED) is 0.278. The number of hydrogen-bond acceptors (Lipinski definition) is 4. The van der Waals surface area contributed by atoms with Crippen molar-refractivity contribution in [2.24, 2.45) is 107 Å². The van der Waals surface area contributed by atoms with Crippen LogP contribution in [0.15, 0.2) is 0 Å². The molecule has 4 nitrogen and oxygen atoms in total. The topological polar surface area (TPSA) is 30.5 Å². The van der Waals surface area contributed by atoms with E-state index in [-0.39, 0.29) is 0 Å². The van der Waals surface area contributed by atoms with Crippen LogP contribution in [-0.4, -0.2) is 59.4 Å². The number of rotatable bonds is 6. The predicted octanol–water partition coefficient (Wildman–Crippen LogP) is 14.2. The molecule has 0 bridgehead atoms. The summed E-state index contributed by atoms with van der Waals surface area (Å²) in [6, 6.07) is 3.50. The van der Waals surface area contributed by atoms with Gasteiger partial charge in [0.2, 0.25) is 0 Å². The molecular weight excluding hydrogens is 801 g/mol. The summed E-state index contributed by atoms with van der Waals surface area (Å²) in [7, 11) is 0. The molecule has 22 atom stereocenters. The fourth-order valence-corrected chi connectivity index (χ4v) is 24.2. The van der Waals surface area contributed by atoms with Crippen molar-refractivity contribution in [3.63, 3.8) is 0 Å². The molecule has 0 aromatic heterocycles. The molecule has 4 heteroatoms. The van der Waals surface area contributed by atoms with Gasteiger partial charge in [0.15, 0.2) is 0 Å². The van der Waals surface area contributed by atoms with Crippen molar-refractivity contribution in [3.8, 4) is 0 Å². The van der Waals surface area contributed by atoms with Crippen LogP contribution in [0.2, 0.25) is 0 Å². The molecule has 0 aromatic rings. The van der Waals surface area contributed by atoms with Gasteiger partial charge in [-0.2, -0.15) is 0 Å². The zero-order valence-electron chi connectivity index (χ0n) is 42.6. The molecule has 0 amide bonds. The largest absolute Gasteiger partial charge is 0.301 e. The van der Waals surface area contributed by atoms with E-state index in [1.807, 2.05) is 0 Å². The van der Waals surface area contributed by atoms with E-state index in [1.165, 1.54) is 116 Å². The maximum atomic E-state index is 4.56. The van der Waals surface area contributed by atoms with Gasteiger partial charge < -0.3 is 10.6 Å². The molecule has 0 aromatic carbocycles. The molecule has 66 heavy (non-hydrogen) atoms. The Hall–Kier alpha value is -0.160. The first kappa shape index (κ1) is 44.5. The highest BCUT2D eigenvalue weighted by Crippen LogP contribution is 2.64. The zero-order valence-corrected chi connectivity index (χ0v) is 42.6. The third-order valence-electron chi connectivity index (χ3n) is 26.3. The van der Waals surface area contributed by atoms with Crippen LogP contribution in [0.5, 0.6) is 0 Å². The van der Waals surface area contributed by atoms with E-state index >= 15 is 0 Å². The summed E-state index contributed by atoms with van der Waals surface area (Å²) in [4.78, 5) is 7.24. The minimum absolute atomic E-state index is 0.685. The average molecular weight is 904 g/mol.